The summed E-state index contributed by atoms with van der Waals surface area (Å²) in [4.78, 5) is 16.2. The molecule has 1 aromatic heterocycles. The Labute approximate surface area is 102 Å². The number of nitro benzene ring substituents is 1. The third kappa shape index (κ3) is 1.78. The molecule has 1 fully saturated rings. The Hall–Kier alpha value is -2.15. The smallest absolute Gasteiger partial charge is 0.298 e. The summed E-state index contributed by atoms with van der Waals surface area (Å²) in [6, 6.07) is 4.71. The van der Waals surface area contributed by atoms with Crippen LogP contribution < -0.4 is 4.90 Å². The summed E-state index contributed by atoms with van der Waals surface area (Å²) in [5.74, 6) is 0. The largest absolute Gasteiger partial charge is 0.423 e. The van der Waals surface area contributed by atoms with Crippen molar-refractivity contribution >= 4 is 22.8 Å². The Bertz CT molecular complexity index is 609. The van der Waals surface area contributed by atoms with E-state index in [-0.39, 0.29) is 11.8 Å². The van der Waals surface area contributed by atoms with Crippen LogP contribution in [-0.4, -0.2) is 34.2 Å². The Morgan fingerprint density at radius 3 is 3.06 bits per heavy atom. The zero-order valence-corrected chi connectivity index (χ0v) is 9.44. The van der Waals surface area contributed by atoms with E-state index in [0.29, 0.717) is 36.6 Å². The fourth-order valence-corrected chi connectivity index (χ4v) is 2.07. The molecular weight excluding hydrogens is 238 g/mol. The van der Waals surface area contributed by atoms with Crippen molar-refractivity contribution in [3.8, 4) is 0 Å². The Kier molecular flexibility index (Phi) is 2.41. The molecule has 1 atom stereocenters. The molecule has 2 aromatic rings. The molecule has 0 amide bonds. The van der Waals surface area contributed by atoms with Crippen molar-refractivity contribution in [2.75, 3.05) is 18.0 Å². The predicted octanol–water partition coefficient (Wildman–Crippen LogP) is 1.31. The summed E-state index contributed by atoms with van der Waals surface area (Å²) in [7, 11) is 0. The van der Waals surface area contributed by atoms with Gasteiger partial charge in [-0.15, -0.1) is 0 Å². The lowest BCUT2D eigenvalue weighted by molar-refractivity contribution is -0.384. The van der Waals surface area contributed by atoms with Gasteiger partial charge in [0.2, 0.25) is 0 Å². The highest BCUT2D eigenvalue weighted by molar-refractivity contribution is 5.77. The number of anilines is 1. The molecule has 0 spiro atoms. The Morgan fingerprint density at radius 2 is 2.39 bits per heavy atom. The van der Waals surface area contributed by atoms with Crippen LogP contribution in [0.3, 0.4) is 0 Å². The molecule has 0 aliphatic carbocycles. The normalized spacial score (nSPS) is 19.6. The van der Waals surface area contributed by atoms with Crippen molar-refractivity contribution < 1.29 is 14.4 Å². The van der Waals surface area contributed by atoms with Gasteiger partial charge in [0.15, 0.2) is 5.58 Å². The maximum absolute atomic E-state index is 10.7. The molecule has 7 heteroatoms. The first-order valence-corrected chi connectivity index (χ1v) is 5.61. The number of oxazole rings is 1. The second kappa shape index (κ2) is 3.95. The molecule has 7 nitrogen and oxygen atoms in total. The van der Waals surface area contributed by atoms with Gasteiger partial charge in [-0.05, 0) is 12.5 Å². The van der Waals surface area contributed by atoms with Crippen LogP contribution in [0.15, 0.2) is 22.6 Å². The van der Waals surface area contributed by atoms with Crippen molar-refractivity contribution in [1.29, 1.82) is 0 Å². The van der Waals surface area contributed by atoms with Crippen LogP contribution >= 0.6 is 0 Å². The maximum Gasteiger partial charge on any atom is 0.298 e. The third-order valence-corrected chi connectivity index (χ3v) is 3.00. The minimum atomic E-state index is -0.465. The van der Waals surface area contributed by atoms with Crippen LogP contribution in [0.1, 0.15) is 6.42 Å². The van der Waals surface area contributed by atoms with Crippen LogP contribution in [0.5, 0.6) is 0 Å². The fraction of sp³-hybridized carbons (Fsp3) is 0.364. The van der Waals surface area contributed by atoms with Crippen LogP contribution in [0.25, 0.3) is 11.1 Å². The topological polar surface area (TPSA) is 92.6 Å². The number of aromatic nitrogens is 1. The van der Waals surface area contributed by atoms with E-state index < -0.39 is 4.92 Å². The van der Waals surface area contributed by atoms with Gasteiger partial charge in [-0.2, -0.15) is 4.98 Å². The average molecular weight is 249 g/mol. The van der Waals surface area contributed by atoms with Gasteiger partial charge in [-0.25, -0.2) is 0 Å². The van der Waals surface area contributed by atoms with Crippen molar-refractivity contribution in [1.82, 2.24) is 4.98 Å². The second-order valence-electron chi connectivity index (χ2n) is 4.29. The summed E-state index contributed by atoms with van der Waals surface area (Å²) >= 11 is 0. The first kappa shape index (κ1) is 11.0. The molecular formula is C11H11N3O4. The molecule has 0 saturated carbocycles. The number of nitrogens with zero attached hydrogens (tertiary/aromatic N) is 3. The lowest BCUT2D eigenvalue weighted by Gasteiger charge is -2.10. The van der Waals surface area contributed by atoms with Gasteiger partial charge in [0.05, 0.1) is 11.0 Å². The molecule has 3 rings (SSSR count). The van der Waals surface area contributed by atoms with Gasteiger partial charge >= 0.3 is 0 Å². The molecule has 1 aromatic carbocycles. The third-order valence-electron chi connectivity index (χ3n) is 3.00. The first-order chi connectivity index (χ1) is 8.63. The summed E-state index contributed by atoms with van der Waals surface area (Å²) in [6.07, 6.45) is 0.313. The van der Waals surface area contributed by atoms with Gasteiger partial charge in [0.25, 0.3) is 11.7 Å². The van der Waals surface area contributed by atoms with Gasteiger partial charge in [0.1, 0.15) is 5.52 Å². The summed E-state index contributed by atoms with van der Waals surface area (Å²) in [6.45, 7) is 1.16. The SMILES string of the molecule is O=[N+]([O-])c1ccc2oc(N3CCC(O)C3)nc2c1. The molecule has 1 aliphatic heterocycles. The quantitative estimate of drug-likeness (QED) is 0.637. The number of rotatable bonds is 2. The van der Waals surface area contributed by atoms with Crippen LogP contribution in [-0.2, 0) is 0 Å². The summed E-state index contributed by atoms with van der Waals surface area (Å²) in [5, 5.41) is 20.1. The maximum atomic E-state index is 10.7. The van der Waals surface area contributed by atoms with Crippen molar-refractivity contribution in [2.24, 2.45) is 0 Å². The van der Waals surface area contributed by atoms with E-state index in [4.69, 9.17) is 4.42 Å². The Balaban J connectivity index is 1.98. The highest BCUT2D eigenvalue weighted by Crippen LogP contribution is 2.27. The van der Waals surface area contributed by atoms with E-state index >= 15 is 0 Å². The second-order valence-corrected chi connectivity index (χ2v) is 4.29. The van der Waals surface area contributed by atoms with E-state index in [1.54, 1.807) is 0 Å². The van der Waals surface area contributed by atoms with E-state index in [2.05, 4.69) is 4.98 Å². The van der Waals surface area contributed by atoms with Gasteiger partial charge in [-0.1, -0.05) is 0 Å². The number of non-ortho nitro benzene ring substituents is 1. The lowest BCUT2D eigenvalue weighted by atomic mass is 10.3. The molecule has 0 radical (unpaired) electrons. The van der Waals surface area contributed by atoms with E-state index in [0.717, 1.165) is 0 Å². The zero-order chi connectivity index (χ0) is 12.7. The van der Waals surface area contributed by atoms with Crippen LogP contribution in [0, 0.1) is 10.1 Å². The number of fused-ring (bicyclic) bond motifs is 1. The zero-order valence-electron chi connectivity index (χ0n) is 9.44. The minimum Gasteiger partial charge on any atom is -0.423 e. The molecule has 0 bridgehead atoms. The van der Waals surface area contributed by atoms with E-state index in [1.165, 1.54) is 18.2 Å². The Morgan fingerprint density at radius 1 is 1.56 bits per heavy atom. The number of hydrogen-bond acceptors (Lipinski definition) is 6. The van der Waals surface area contributed by atoms with Crippen molar-refractivity contribution in [3.05, 3.63) is 28.3 Å². The molecule has 94 valence electrons. The van der Waals surface area contributed by atoms with Crippen molar-refractivity contribution in [3.63, 3.8) is 0 Å². The van der Waals surface area contributed by atoms with Gasteiger partial charge in [-0.3, -0.25) is 10.1 Å². The first-order valence-electron chi connectivity index (χ1n) is 5.61. The molecule has 1 aliphatic rings. The standard InChI is InChI=1S/C11H11N3O4/c15-8-3-4-13(6-8)11-12-9-5-7(14(16)17)1-2-10(9)18-11/h1-2,5,8,15H,3-4,6H2. The van der Waals surface area contributed by atoms with E-state index in [1.807, 2.05) is 4.90 Å². The minimum absolute atomic E-state index is 0.0104. The van der Waals surface area contributed by atoms with Crippen LogP contribution in [0.2, 0.25) is 0 Å². The molecule has 1 saturated heterocycles. The van der Waals surface area contributed by atoms with Crippen molar-refractivity contribution in [2.45, 2.75) is 12.5 Å². The molecule has 2 heterocycles. The highest BCUT2D eigenvalue weighted by atomic mass is 16.6. The average Bonchev–Trinajstić information content (AvgIpc) is 2.93. The lowest BCUT2D eigenvalue weighted by Crippen LogP contribution is -2.21. The number of benzene rings is 1. The molecule has 1 unspecified atom stereocenters. The summed E-state index contributed by atoms with van der Waals surface area (Å²) < 4.78 is 5.52. The monoisotopic (exact) mass is 249 g/mol. The highest BCUT2D eigenvalue weighted by Gasteiger charge is 2.24. The number of aliphatic hydroxyl groups excluding tert-OH is 1. The van der Waals surface area contributed by atoms with Gasteiger partial charge in [0, 0.05) is 25.2 Å². The van der Waals surface area contributed by atoms with E-state index in [9.17, 15) is 15.2 Å². The number of β-amino-alcohol motifs (C(OH)–C–C–N with tert-alkyl or cyclic N) is 1. The summed E-state index contributed by atoms with van der Waals surface area (Å²) in [5.41, 5.74) is 0.960. The molecule has 18 heavy (non-hydrogen) atoms. The number of aliphatic hydroxyl groups is 1. The fourth-order valence-electron chi connectivity index (χ4n) is 2.07. The van der Waals surface area contributed by atoms with Crippen LogP contribution in [0.4, 0.5) is 11.7 Å². The predicted molar refractivity (Wildman–Crippen MR) is 63.5 cm³/mol. The number of nitro groups is 1. The van der Waals surface area contributed by atoms with Gasteiger partial charge < -0.3 is 14.4 Å². The number of hydrogen-bond donors (Lipinski definition) is 1. The molecule has 1 N–H and O–H groups in total.